The van der Waals surface area contributed by atoms with Crippen LogP contribution >= 0.6 is 0 Å². The van der Waals surface area contributed by atoms with E-state index in [0.29, 0.717) is 5.69 Å². The van der Waals surface area contributed by atoms with E-state index in [9.17, 15) is 9.18 Å². The normalized spacial score (nSPS) is 13.4. The van der Waals surface area contributed by atoms with Crippen LogP contribution in [0.1, 0.15) is 25.5 Å². The third kappa shape index (κ3) is 4.22. The highest BCUT2D eigenvalue weighted by molar-refractivity contribution is 5.94. The maximum absolute atomic E-state index is 13.2. The summed E-state index contributed by atoms with van der Waals surface area (Å²) in [5.74, 6) is -0.568. The minimum Gasteiger partial charge on any atom is -0.325 e. The van der Waals surface area contributed by atoms with E-state index in [2.05, 4.69) is 41.0 Å². The Hall–Kier alpha value is -2.72. The molecule has 0 aliphatic heterocycles. The second kappa shape index (κ2) is 7.45. The molecule has 1 amide bonds. The SMILES string of the molecule is C[C@H](N[C@H](C)C(=O)Nc1cccc(F)c1)c1ccc2ccccc2c1. The zero-order valence-corrected chi connectivity index (χ0v) is 14.3. The molecule has 0 fully saturated rings. The molecule has 2 N–H and O–H groups in total. The molecule has 25 heavy (non-hydrogen) atoms. The Morgan fingerprint density at radius 3 is 2.44 bits per heavy atom. The molecule has 2 atom stereocenters. The molecule has 0 aliphatic carbocycles. The van der Waals surface area contributed by atoms with Crippen molar-refractivity contribution in [3.05, 3.63) is 78.1 Å². The van der Waals surface area contributed by atoms with E-state index >= 15 is 0 Å². The van der Waals surface area contributed by atoms with Crippen molar-refractivity contribution in [2.45, 2.75) is 25.9 Å². The molecule has 0 radical (unpaired) electrons. The number of carbonyl (C=O) groups excluding carboxylic acids is 1. The zero-order valence-electron chi connectivity index (χ0n) is 14.3. The lowest BCUT2D eigenvalue weighted by Crippen LogP contribution is -2.39. The van der Waals surface area contributed by atoms with Crippen molar-refractivity contribution in [2.24, 2.45) is 0 Å². The van der Waals surface area contributed by atoms with Gasteiger partial charge in [-0.1, -0.05) is 42.5 Å². The Bertz CT molecular complexity index is 894. The molecule has 0 aromatic heterocycles. The second-order valence-electron chi connectivity index (χ2n) is 6.22. The molecule has 0 spiro atoms. The minimum absolute atomic E-state index is 0.0119. The van der Waals surface area contributed by atoms with Gasteiger partial charge in [-0.3, -0.25) is 10.1 Å². The van der Waals surface area contributed by atoms with Crippen LogP contribution in [-0.2, 0) is 4.79 Å². The molecule has 128 valence electrons. The van der Waals surface area contributed by atoms with Gasteiger partial charge in [-0.15, -0.1) is 0 Å². The van der Waals surface area contributed by atoms with Gasteiger partial charge in [0, 0.05) is 11.7 Å². The molecule has 3 aromatic carbocycles. The van der Waals surface area contributed by atoms with Crippen molar-refractivity contribution in [1.82, 2.24) is 5.32 Å². The summed E-state index contributed by atoms with van der Waals surface area (Å²) in [6, 6.07) is 19.9. The number of nitrogens with one attached hydrogen (secondary N) is 2. The fourth-order valence-electron chi connectivity index (χ4n) is 2.84. The van der Waals surface area contributed by atoms with Gasteiger partial charge >= 0.3 is 0 Å². The first-order chi connectivity index (χ1) is 12.0. The number of rotatable bonds is 5. The molecule has 3 nitrogen and oxygen atoms in total. The van der Waals surface area contributed by atoms with Gasteiger partial charge in [0.05, 0.1) is 6.04 Å². The summed E-state index contributed by atoms with van der Waals surface area (Å²) < 4.78 is 13.2. The van der Waals surface area contributed by atoms with Gasteiger partial charge in [0.15, 0.2) is 0 Å². The molecule has 3 rings (SSSR count). The average Bonchev–Trinajstić information content (AvgIpc) is 2.61. The predicted molar refractivity (Wildman–Crippen MR) is 100.0 cm³/mol. The molecule has 0 saturated heterocycles. The molecule has 0 heterocycles. The van der Waals surface area contributed by atoms with E-state index in [4.69, 9.17) is 0 Å². The quantitative estimate of drug-likeness (QED) is 0.712. The van der Waals surface area contributed by atoms with Crippen LogP contribution in [-0.4, -0.2) is 11.9 Å². The number of amides is 1. The average molecular weight is 336 g/mol. The molecule has 4 heteroatoms. The van der Waals surface area contributed by atoms with Crippen molar-refractivity contribution in [3.63, 3.8) is 0 Å². The lowest BCUT2D eigenvalue weighted by Gasteiger charge is -2.20. The Morgan fingerprint density at radius 1 is 0.920 bits per heavy atom. The number of halogens is 1. The van der Waals surface area contributed by atoms with Crippen LogP contribution < -0.4 is 10.6 Å². The van der Waals surface area contributed by atoms with Crippen LogP contribution in [0, 0.1) is 5.82 Å². The van der Waals surface area contributed by atoms with Crippen LogP contribution in [0.15, 0.2) is 66.7 Å². The van der Waals surface area contributed by atoms with Gasteiger partial charge in [-0.2, -0.15) is 0 Å². The van der Waals surface area contributed by atoms with Crippen molar-refractivity contribution >= 4 is 22.4 Å². The Balaban J connectivity index is 1.66. The maximum Gasteiger partial charge on any atom is 0.241 e. The molecule has 0 saturated carbocycles. The smallest absolute Gasteiger partial charge is 0.241 e. The van der Waals surface area contributed by atoms with Crippen LogP contribution in [0.25, 0.3) is 10.8 Å². The van der Waals surface area contributed by atoms with Crippen molar-refractivity contribution in [3.8, 4) is 0 Å². The predicted octanol–water partition coefficient (Wildman–Crippen LogP) is 4.66. The standard InChI is InChI=1S/C21H21FN2O/c1-14(17-11-10-16-6-3-4-7-18(16)12-17)23-15(2)21(25)24-20-9-5-8-19(22)13-20/h3-15,23H,1-2H3,(H,24,25)/t14-,15+/m0/s1. The van der Waals surface area contributed by atoms with E-state index in [1.807, 2.05) is 19.1 Å². The van der Waals surface area contributed by atoms with E-state index in [0.717, 1.165) is 5.56 Å². The third-order valence-corrected chi connectivity index (χ3v) is 4.26. The topological polar surface area (TPSA) is 41.1 Å². The lowest BCUT2D eigenvalue weighted by molar-refractivity contribution is -0.117. The van der Waals surface area contributed by atoms with Crippen LogP contribution in [0.4, 0.5) is 10.1 Å². The second-order valence-corrected chi connectivity index (χ2v) is 6.22. The van der Waals surface area contributed by atoms with E-state index < -0.39 is 6.04 Å². The molecule has 3 aromatic rings. The highest BCUT2D eigenvalue weighted by Crippen LogP contribution is 2.20. The first-order valence-corrected chi connectivity index (χ1v) is 8.34. The van der Waals surface area contributed by atoms with Gasteiger partial charge in [0.25, 0.3) is 0 Å². The molecule has 0 bridgehead atoms. The summed E-state index contributed by atoms with van der Waals surface area (Å²) in [6.45, 7) is 3.82. The van der Waals surface area contributed by atoms with Gasteiger partial charge < -0.3 is 5.32 Å². The summed E-state index contributed by atoms with van der Waals surface area (Å²) in [7, 11) is 0. The van der Waals surface area contributed by atoms with Crippen LogP contribution in [0.3, 0.4) is 0 Å². The number of hydrogen-bond acceptors (Lipinski definition) is 2. The Morgan fingerprint density at radius 2 is 1.68 bits per heavy atom. The number of benzene rings is 3. The number of carbonyl (C=O) groups is 1. The molecular formula is C21H21FN2O. The molecular weight excluding hydrogens is 315 g/mol. The summed E-state index contributed by atoms with van der Waals surface area (Å²) in [6.07, 6.45) is 0. The van der Waals surface area contributed by atoms with Gasteiger partial charge in [0.1, 0.15) is 5.82 Å². The highest BCUT2D eigenvalue weighted by Gasteiger charge is 2.16. The molecule has 0 aliphatic rings. The van der Waals surface area contributed by atoms with E-state index in [-0.39, 0.29) is 17.8 Å². The van der Waals surface area contributed by atoms with E-state index in [1.165, 1.54) is 22.9 Å². The monoisotopic (exact) mass is 336 g/mol. The Kier molecular flexibility index (Phi) is 5.10. The highest BCUT2D eigenvalue weighted by atomic mass is 19.1. The van der Waals surface area contributed by atoms with Crippen molar-refractivity contribution < 1.29 is 9.18 Å². The van der Waals surface area contributed by atoms with Crippen molar-refractivity contribution in [1.29, 1.82) is 0 Å². The Labute approximate surface area is 146 Å². The minimum atomic E-state index is -0.412. The summed E-state index contributed by atoms with van der Waals surface area (Å²) in [4.78, 5) is 12.3. The number of fused-ring (bicyclic) bond motifs is 1. The first kappa shape index (κ1) is 17.1. The third-order valence-electron chi connectivity index (χ3n) is 4.26. The maximum atomic E-state index is 13.2. The van der Waals surface area contributed by atoms with Gasteiger partial charge in [-0.25, -0.2) is 4.39 Å². The number of anilines is 1. The van der Waals surface area contributed by atoms with Crippen LogP contribution in [0.5, 0.6) is 0 Å². The lowest BCUT2D eigenvalue weighted by atomic mass is 10.0. The van der Waals surface area contributed by atoms with Gasteiger partial charge in [0.2, 0.25) is 5.91 Å². The van der Waals surface area contributed by atoms with E-state index in [1.54, 1.807) is 19.1 Å². The number of hydrogen-bond donors (Lipinski definition) is 2. The summed E-state index contributed by atoms with van der Waals surface area (Å²) in [5, 5.41) is 8.38. The van der Waals surface area contributed by atoms with Crippen LogP contribution in [0.2, 0.25) is 0 Å². The van der Waals surface area contributed by atoms with Gasteiger partial charge in [-0.05, 0) is 54.4 Å². The fraction of sp³-hybridized carbons (Fsp3) is 0.190. The molecule has 0 unspecified atom stereocenters. The largest absolute Gasteiger partial charge is 0.325 e. The summed E-state index contributed by atoms with van der Waals surface area (Å²) >= 11 is 0. The first-order valence-electron chi connectivity index (χ1n) is 8.34. The zero-order chi connectivity index (χ0) is 17.8. The summed E-state index contributed by atoms with van der Waals surface area (Å²) in [5.41, 5.74) is 1.57. The van der Waals surface area contributed by atoms with Crippen molar-refractivity contribution in [2.75, 3.05) is 5.32 Å². The fourth-order valence-corrected chi connectivity index (χ4v) is 2.84.